The highest BCUT2D eigenvalue weighted by Gasteiger charge is 2.05. The number of aromatic amines is 1. The highest BCUT2D eigenvalue weighted by atomic mass is 79.9. The molecule has 0 saturated heterocycles. The second-order valence-corrected chi connectivity index (χ2v) is 5.21. The lowest BCUT2D eigenvalue weighted by Gasteiger charge is -2.05. The number of phenols is 1. The first-order valence-corrected chi connectivity index (χ1v) is 6.69. The zero-order valence-corrected chi connectivity index (χ0v) is 11.6. The van der Waals surface area contributed by atoms with Crippen molar-refractivity contribution in [3.8, 4) is 11.5 Å². The summed E-state index contributed by atoms with van der Waals surface area (Å²) in [5.74, 6) is 0.867. The van der Waals surface area contributed by atoms with Gasteiger partial charge in [-0.15, -0.1) is 0 Å². The summed E-state index contributed by atoms with van der Waals surface area (Å²) in [6.07, 6.45) is 1.94. The molecule has 0 amide bonds. The SMILES string of the molecule is Oc1cccc(OCc2c[nH]c3cc(Br)ccc23)c1. The van der Waals surface area contributed by atoms with Crippen molar-refractivity contribution >= 4 is 26.8 Å². The molecule has 1 heterocycles. The van der Waals surface area contributed by atoms with Crippen LogP contribution in [0.15, 0.2) is 53.1 Å². The first-order valence-electron chi connectivity index (χ1n) is 5.90. The predicted molar refractivity (Wildman–Crippen MR) is 78.4 cm³/mol. The molecule has 0 saturated carbocycles. The fourth-order valence-corrected chi connectivity index (χ4v) is 2.37. The Morgan fingerprint density at radius 2 is 2.05 bits per heavy atom. The number of nitrogens with one attached hydrogen (secondary N) is 1. The van der Waals surface area contributed by atoms with E-state index in [0.717, 1.165) is 20.9 Å². The van der Waals surface area contributed by atoms with Crippen LogP contribution in [0, 0.1) is 0 Å². The zero-order chi connectivity index (χ0) is 13.2. The van der Waals surface area contributed by atoms with Crippen molar-refractivity contribution in [2.75, 3.05) is 0 Å². The highest BCUT2D eigenvalue weighted by Crippen LogP contribution is 2.24. The lowest BCUT2D eigenvalue weighted by atomic mass is 10.2. The second kappa shape index (κ2) is 4.97. The van der Waals surface area contributed by atoms with Gasteiger partial charge < -0.3 is 14.8 Å². The molecule has 1 aromatic heterocycles. The van der Waals surface area contributed by atoms with Gasteiger partial charge in [0.1, 0.15) is 18.1 Å². The van der Waals surface area contributed by atoms with Crippen molar-refractivity contribution in [3.05, 3.63) is 58.7 Å². The van der Waals surface area contributed by atoms with Crippen LogP contribution in [0.2, 0.25) is 0 Å². The largest absolute Gasteiger partial charge is 0.508 e. The molecule has 3 rings (SSSR count). The van der Waals surface area contributed by atoms with Gasteiger partial charge in [0.25, 0.3) is 0 Å². The number of H-pyrrole nitrogens is 1. The van der Waals surface area contributed by atoms with Crippen molar-refractivity contribution in [1.29, 1.82) is 0 Å². The number of fused-ring (bicyclic) bond motifs is 1. The minimum absolute atomic E-state index is 0.209. The van der Waals surface area contributed by atoms with Crippen molar-refractivity contribution in [3.63, 3.8) is 0 Å². The third-order valence-electron chi connectivity index (χ3n) is 2.94. The predicted octanol–water partition coefficient (Wildman–Crippen LogP) is 4.22. The third-order valence-corrected chi connectivity index (χ3v) is 3.43. The van der Waals surface area contributed by atoms with Crippen molar-refractivity contribution in [1.82, 2.24) is 4.98 Å². The lowest BCUT2D eigenvalue weighted by molar-refractivity contribution is 0.306. The topological polar surface area (TPSA) is 45.2 Å². The Balaban J connectivity index is 1.82. The van der Waals surface area contributed by atoms with E-state index in [1.54, 1.807) is 18.2 Å². The average Bonchev–Trinajstić information content (AvgIpc) is 2.78. The molecule has 3 nitrogen and oxygen atoms in total. The van der Waals surface area contributed by atoms with Crippen LogP contribution >= 0.6 is 15.9 Å². The number of phenolic OH excluding ortho intramolecular Hbond substituents is 1. The van der Waals surface area contributed by atoms with Gasteiger partial charge in [-0.1, -0.05) is 28.1 Å². The quantitative estimate of drug-likeness (QED) is 0.759. The maximum atomic E-state index is 9.38. The van der Waals surface area contributed by atoms with Crippen molar-refractivity contribution < 1.29 is 9.84 Å². The van der Waals surface area contributed by atoms with Gasteiger partial charge in [0.15, 0.2) is 0 Å². The van der Waals surface area contributed by atoms with E-state index in [4.69, 9.17) is 4.74 Å². The molecule has 0 bridgehead atoms. The molecule has 0 radical (unpaired) electrons. The number of halogens is 1. The number of hydrogen-bond donors (Lipinski definition) is 2. The molecule has 0 unspecified atom stereocenters. The Morgan fingerprint density at radius 1 is 1.16 bits per heavy atom. The Kier molecular flexibility index (Phi) is 3.17. The minimum atomic E-state index is 0.209. The van der Waals surface area contributed by atoms with Crippen LogP contribution in [0.25, 0.3) is 10.9 Å². The van der Waals surface area contributed by atoms with Gasteiger partial charge >= 0.3 is 0 Å². The van der Waals surface area contributed by atoms with Crippen LogP contribution in [0.4, 0.5) is 0 Å². The number of rotatable bonds is 3. The summed E-state index contributed by atoms with van der Waals surface area (Å²) in [6, 6.07) is 12.9. The van der Waals surface area contributed by atoms with E-state index in [1.807, 2.05) is 24.4 Å². The van der Waals surface area contributed by atoms with E-state index >= 15 is 0 Å². The fourth-order valence-electron chi connectivity index (χ4n) is 2.01. The van der Waals surface area contributed by atoms with E-state index in [1.165, 1.54) is 0 Å². The molecule has 2 N–H and O–H groups in total. The second-order valence-electron chi connectivity index (χ2n) is 4.29. The zero-order valence-electron chi connectivity index (χ0n) is 10.1. The van der Waals surface area contributed by atoms with Crippen LogP contribution in [-0.4, -0.2) is 10.1 Å². The van der Waals surface area contributed by atoms with Crippen molar-refractivity contribution in [2.24, 2.45) is 0 Å². The lowest BCUT2D eigenvalue weighted by Crippen LogP contribution is -1.93. The Bertz CT molecular complexity index is 721. The summed E-state index contributed by atoms with van der Waals surface area (Å²) >= 11 is 3.45. The summed E-state index contributed by atoms with van der Waals surface area (Å²) in [7, 11) is 0. The van der Waals surface area contributed by atoms with Crippen LogP contribution in [0.1, 0.15) is 5.56 Å². The number of aromatic hydroxyl groups is 1. The molecule has 0 spiro atoms. The van der Waals surface area contributed by atoms with Gasteiger partial charge in [-0.05, 0) is 24.3 Å². The Morgan fingerprint density at radius 3 is 2.89 bits per heavy atom. The number of aromatic nitrogens is 1. The van der Waals surface area contributed by atoms with Gasteiger partial charge in [0.2, 0.25) is 0 Å². The van der Waals surface area contributed by atoms with Crippen LogP contribution in [0.5, 0.6) is 11.5 Å². The van der Waals surface area contributed by atoms with Gasteiger partial charge in [0.05, 0.1) is 0 Å². The molecule has 19 heavy (non-hydrogen) atoms. The molecule has 0 fully saturated rings. The van der Waals surface area contributed by atoms with Crippen LogP contribution in [0.3, 0.4) is 0 Å². The number of ether oxygens (including phenoxy) is 1. The first-order chi connectivity index (χ1) is 9.22. The molecule has 0 atom stereocenters. The van der Waals surface area contributed by atoms with E-state index < -0.39 is 0 Å². The first kappa shape index (κ1) is 12.1. The fraction of sp³-hybridized carbons (Fsp3) is 0.0667. The third kappa shape index (κ3) is 2.58. The maximum Gasteiger partial charge on any atom is 0.123 e. The normalized spacial score (nSPS) is 10.8. The average molecular weight is 318 g/mol. The molecule has 4 heteroatoms. The molecule has 0 aliphatic heterocycles. The van der Waals surface area contributed by atoms with Gasteiger partial charge in [0, 0.05) is 33.2 Å². The summed E-state index contributed by atoms with van der Waals surface area (Å²) in [6.45, 7) is 0.463. The Hall–Kier alpha value is -1.94. The smallest absolute Gasteiger partial charge is 0.123 e. The van der Waals surface area contributed by atoms with Crippen LogP contribution < -0.4 is 4.74 Å². The summed E-state index contributed by atoms with van der Waals surface area (Å²) < 4.78 is 6.72. The molecular weight excluding hydrogens is 306 g/mol. The van der Waals surface area contributed by atoms with E-state index in [0.29, 0.717) is 12.4 Å². The summed E-state index contributed by atoms with van der Waals surface area (Å²) in [4.78, 5) is 3.22. The van der Waals surface area contributed by atoms with Gasteiger partial charge in [-0.3, -0.25) is 0 Å². The molecular formula is C15H12BrNO2. The standard InChI is InChI=1S/C15H12BrNO2/c16-11-4-5-14-10(8-17-15(14)6-11)9-19-13-3-1-2-12(18)7-13/h1-8,17-18H,9H2. The van der Waals surface area contributed by atoms with Gasteiger partial charge in [-0.25, -0.2) is 0 Å². The summed E-state index contributed by atoms with van der Waals surface area (Å²) in [5.41, 5.74) is 2.16. The summed E-state index contributed by atoms with van der Waals surface area (Å²) in [5, 5.41) is 10.5. The molecule has 3 aromatic rings. The van der Waals surface area contributed by atoms with E-state index in [2.05, 4.69) is 27.0 Å². The number of benzene rings is 2. The maximum absolute atomic E-state index is 9.38. The molecule has 96 valence electrons. The monoisotopic (exact) mass is 317 g/mol. The van der Waals surface area contributed by atoms with Crippen LogP contribution in [-0.2, 0) is 6.61 Å². The highest BCUT2D eigenvalue weighted by molar-refractivity contribution is 9.10. The molecule has 2 aromatic carbocycles. The molecule has 0 aliphatic rings. The minimum Gasteiger partial charge on any atom is -0.508 e. The Labute approximate surface area is 119 Å². The number of hydrogen-bond acceptors (Lipinski definition) is 2. The van der Waals surface area contributed by atoms with E-state index in [9.17, 15) is 5.11 Å². The van der Waals surface area contributed by atoms with E-state index in [-0.39, 0.29) is 5.75 Å². The van der Waals surface area contributed by atoms with Crippen molar-refractivity contribution in [2.45, 2.75) is 6.61 Å². The van der Waals surface area contributed by atoms with Gasteiger partial charge in [-0.2, -0.15) is 0 Å². The molecule has 0 aliphatic carbocycles.